The average molecular weight is 509 g/mol. The highest BCUT2D eigenvalue weighted by atomic mass is 16.7. The lowest BCUT2D eigenvalue weighted by molar-refractivity contribution is -0.140. The second kappa shape index (κ2) is 10.8. The molecule has 3 aliphatic heterocycles. The molecule has 1 atom stereocenters. The van der Waals surface area contributed by atoms with Crippen molar-refractivity contribution < 1.29 is 33.6 Å². The lowest BCUT2D eigenvalue weighted by Gasteiger charge is -2.29. The topological polar surface area (TPSA) is 97.8 Å². The first-order chi connectivity index (χ1) is 17.9. The molecule has 0 spiro atoms. The number of likely N-dealkylation sites (tertiary alicyclic amines) is 1. The first-order valence-electron chi connectivity index (χ1n) is 12.7. The molecule has 1 N–H and O–H groups in total. The summed E-state index contributed by atoms with van der Waals surface area (Å²) >= 11 is 0. The van der Waals surface area contributed by atoms with E-state index in [0.29, 0.717) is 49.0 Å². The van der Waals surface area contributed by atoms with Crippen LogP contribution in [0.3, 0.4) is 0 Å². The van der Waals surface area contributed by atoms with Crippen LogP contribution in [-0.2, 0) is 14.3 Å². The number of benzene rings is 2. The van der Waals surface area contributed by atoms with Crippen LogP contribution in [0.15, 0.2) is 48.0 Å². The molecule has 9 heteroatoms. The number of carbonyl (C=O) groups is 2. The van der Waals surface area contributed by atoms with Crippen molar-refractivity contribution in [3.05, 3.63) is 59.2 Å². The third-order valence-corrected chi connectivity index (χ3v) is 6.73. The number of hydrogen-bond donors (Lipinski definition) is 1. The highest BCUT2D eigenvalue weighted by Gasteiger charge is 2.46. The lowest BCUT2D eigenvalue weighted by Crippen LogP contribution is -2.38. The van der Waals surface area contributed by atoms with Crippen LogP contribution in [0.25, 0.3) is 5.76 Å². The van der Waals surface area contributed by atoms with Gasteiger partial charge in [0.2, 0.25) is 6.79 Å². The van der Waals surface area contributed by atoms with Crippen molar-refractivity contribution >= 4 is 17.4 Å². The smallest absolute Gasteiger partial charge is 0.295 e. The molecular weight excluding hydrogens is 476 g/mol. The number of rotatable bonds is 8. The Morgan fingerprint density at radius 1 is 1.03 bits per heavy atom. The van der Waals surface area contributed by atoms with Crippen molar-refractivity contribution in [3.8, 4) is 17.2 Å². The summed E-state index contributed by atoms with van der Waals surface area (Å²) in [5, 5.41) is 11.3. The van der Waals surface area contributed by atoms with Gasteiger partial charge in [0.25, 0.3) is 11.7 Å². The predicted molar refractivity (Wildman–Crippen MR) is 136 cm³/mol. The number of hydrogen-bond acceptors (Lipinski definition) is 8. The minimum absolute atomic E-state index is 0.0164. The van der Waals surface area contributed by atoms with Crippen LogP contribution in [0, 0.1) is 0 Å². The van der Waals surface area contributed by atoms with Gasteiger partial charge in [0.1, 0.15) is 11.5 Å². The Morgan fingerprint density at radius 3 is 2.49 bits per heavy atom. The van der Waals surface area contributed by atoms with Crippen LogP contribution in [-0.4, -0.2) is 78.9 Å². The van der Waals surface area contributed by atoms with E-state index in [0.717, 1.165) is 25.2 Å². The number of ether oxygens (including phenoxy) is 4. The van der Waals surface area contributed by atoms with Crippen molar-refractivity contribution in [2.45, 2.75) is 32.4 Å². The van der Waals surface area contributed by atoms with Crippen LogP contribution in [0.5, 0.6) is 17.2 Å². The van der Waals surface area contributed by atoms with E-state index in [1.807, 2.05) is 38.1 Å². The summed E-state index contributed by atoms with van der Waals surface area (Å²) in [6.07, 6.45) is 0.713. The van der Waals surface area contributed by atoms with Gasteiger partial charge in [-0.1, -0.05) is 12.1 Å². The molecule has 2 aromatic carbocycles. The molecule has 0 radical (unpaired) electrons. The van der Waals surface area contributed by atoms with Crippen LogP contribution >= 0.6 is 0 Å². The second-order valence-corrected chi connectivity index (χ2v) is 9.60. The summed E-state index contributed by atoms with van der Waals surface area (Å²) in [7, 11) is 0. The molecule has 196 valence electrons. The predicted octanol–water partition coefficient (Wildman–Crippen LogP) is 3.35. The number of Topliss-reactive ketones (excluding diaryl/α,β-unsaturated/α-hetero) is 1. The maximum absolute atomic E-state index is 13.3. The molecule has 2 fully saturated rings. The minimum Gasteiger partial charge on any atom is -0.507 e. The van der Waals surface area contributed by atoms with Crippen LogP contribution in [0.2, 0.25) is 0 Å². The van der Waals surface area contributed by atoms with Crippen molar-refractivity contribution in [1.29, 1.82) is 0 Å². The number of fused-ring (bicyclic) bond motifs is 1. The quantitative estimate of drug-likeness (QED) is 0.329. The molecule has 9 nitrogen and oxygen atoms in total. The molecule has 0 aliphatic carbocycles. The van der Waals surface area contributed by atoms with Crippen molar-refractivity contribution in [2.24, 2.45) is 0 Å². The zero-order valence-electron chi connectivity index (χ0n) is 21.1. The van der Waals surface area contributed by atoms with E-state index in [-0.39, 0.29) is 24.2 Å². The molecule has 2 saturated heterocycles. The molecule has 5 rings (SSSR count). The fraction of sp³-hybridized carbons (Fsp3) is 0.429. The highest BCUT2D eigenvalue weighted by Crippen LogP contribution is 2.41. The zero-order chi connectivity index (χ0) is 25.9. The highest BCUT2D eigenvalue weighted by molar-refractivity contribution is 6.46. The molecular formula is C28H32N2O7. The molecule has 3 heterocycles. The van der Waals surface area contributed by atoms with Gasteiger partial charge in [0.15, 0.2) is 11.5 Å². The summed E-state index contributed by atoms with van der Waals surface area (Å²) in [6.45, 7) is 8.27. The second-order valence-electron chi connectivity index (χ2n) is 9.60. The summed E-state index contributed by atoms with van der Waals surface area (Å²) in [5.41, 5.74) is 1.18. The first kappa shape index (κ1) is 25.1. The van der Waals surface area contributed by atoms with Gasteiger partial charge in [-0.05, 0) is 56.2 Å². The van der Waals surface area contributed by atoms with Crippen LogP contribution in [0.1, 0.15) is 37.4 Å². The van der Waals surface area contributed by atoms with E-state index in [4.69, 9.17) is 18.9 Å². The largest absolute Gasteiger partial charge is 0.507 e. The summed E-state index contributed by atoms with van der Waals surface area (Å²) in [5.74, 6) is 0.192. The third kappa shape index (κ3) is 5.28. The Kier molecular flexibility index (Phi) is 7.34. The SMILES string of the molecule is CC(C)Oc1ccc(C2C(=C(O)c3ccc4c(c3)OCO4)C(=O)C(=O)N2CCCN2CCOCC2)cc1. The average Bonchev–Trinajstić information content (AvgIpc) is 3.47. The zero-order valence-corrected chi connectivity index (χ0v) is 21.1. The van der Waals surface area contributed by atoms with Gasteiger partial charge in [-0.15, -0.1) is 0 Å². The Hall–Kier alpha value is -3.56. The first-order valence-corrected chi connectivity index (χ1v) is 12.7. The third-order valence-electron chi connectivity index (χ3n) is 6.73. The number of ketones is 1. The summed E-state index contributed by atoms with van der Waals surface area (Å²) in [4.78, 5) is 30.4. The van der Waals surface area contributed by atoms with Gasteiger partial charge >= 0.3 is 0 Å². The molecule has 3 aliphatic rings. The number of aliphatic hydroxyl groups is 1. The molecule has 2 aromatic rings. The van der Waals surface area contributed by atoms with E-state index >= 15 is 0 Å². The maximum atomic E-state index is 13.3. The lowest BCUT2D eigenvalue weighted by atomic mass is 9.95. The Labute approximate surface area is 216 Å². The number of amides is 1. The summed E-state index contributed by atoms with van der Waals surface area (Å²) < 4.78 is 22.0. The van der Waals surface area contributed by atoms with Crippen molar-refractivity contribution in [1.82, 2.24) is 9.80 Å². The fourth-order valence-corrected chi connectivity index (χ4v) is 4.95. The molecule has 0 bridgehead atoms. The van der Waals surface area contributed by atoms with Gasteiger partial charge in [-0.25, -0.2) is 0 Å². The summed E-state index contributed by atoms with van der Waals surface area (Å²) in [6, 6.07) is 11.6. The van der Waals surface area contributed by atoms with E-state index in [9.17, 15) is 14.7 Å². The van der Waals surface area contributed by atoms with Gasteiger partial charge in [-0.3, -0.25) is 14.5 Å². The fourth-order valence-electron chi connectivity index (χ4n) is 4.95. The van der Waals surface area contributed by atoms with Crippen molar-refractivity contribution in [3.63, 3.8) is 0 Å². The van der Waals surface area contributed by atoms with E-state index in [1.54, 1.807) is 23.1 Å². The molecule has 0 aromatic heterocycles. The van der Waals surface area contributed by atoms with E-state index < -0.39 is 17.7 Å². The van der Waals surface area contributed by atoms with Gasteiger partial charge in [0, 0.05) is 31.7 Å². The Morgan fingerprint density at radius 2 is 1.76 bits per heavy atom. The standard InChI is InChI=1S/C28H32N2O7/c1-18(2)37-21-7-4-19(5-8-21)25-24(26(31)20-6-9-22-23(16-20)36-17-35-22)27(32)28(33)30(25)11-3-10-29-12-14-34-15-13-29/h4-9,16,18,25,31H,3,10-15,17H2,1-2H3. The number of carbonyl (C=O) groups excluding carboxylic acids is 2. The molecule has 1 amide bonds. The molecule has 1 unspecified atom stereocenters. The van der Waals surface area contributed by atoms with E-state index in [1.165, 1.54) is 0 Å². The normalized spacial score (nSPS) is 21.2. The van der Waals surface area contributed by atoms with Gasteiger partial charge in [0.05, 0.1) is 30.9 Å². The van der Waals surface area contributed by atoms with Crippen LogP contribution in [0.4, 0.5) is 0 Å². The van der Waals surface area contributed by atoms with E-state index in [2.05, 4.69) is 4.90 Å². The minimum atomic E-state index is -0.719. The number of morpholine rings is 1. The Bertz CT molecular complexity index is 1190. The van der Waals surface area contributed by atoms with Gasteiger partial charge < -0.3 is 29.0 Å². The molecule has 37 heavy (non-hydrogen) atoms. The van der Waals surface area contributed by atoms with Crippen LogP contribution < -0.4 is 14.2 Å². The number of nitrogens with zero attached hydrogens (tertiary/aromatic N) is 2. The Balaban J connectivity index is 1.47. The maximum Gasteiger partial charge on any atom is 0.295 e. The molecule has 0 saturated carbocycles. The number of aliphatic hydroxyl groups excluding tert-OH is 1. The van der Waals surface area contributed by atoms with Crippen molar-refractivity contribution in [2.75, 3.05) is 46.2 Å². The monoisotopic (exact) mass is 508 g/mol. The van der Waals surface area contributed by atoms with Gasteiger partial charge in [-0.2, -0.15) is 0 Å².